The number of hydrogen-bond donors (Lipinski definition) is 2. The number of aromatic nitrogens is 4. The van der Waals surface area contributed by atoms with Crippen LogP contribution in [0, 0.1) is 0 Å². The molecule has 0 spiro atoms. The molecule has 0 radical (unpaired) electrons. The largest absolute Gasteiger partial charge is 0.505 e. The van der Waals surface area contributed by atoms with Crippen molar-refractivity contribution in [2.75, 3.05) is 6.54 Å². The van der Waals surface area contributed by atoms with Gasteiger partial charge in [0.05, 0.1) is 4.90 Å². The molecular weight excluding hydrogens is 282 g/mol. The van der Waals surface area contributed by atoms with Crippen LogP contribution in [0.15, 0.2) is 29.2 Å². The van der Waals surface area contributed by atoms with Crippen molar-refractivity contribution in [3.63, 3.8) is 0 Å². The lowest BCUT2D eigenvalue weighted by Gasteiger charge is -2.29. The van der Waals surface area contributed by atoms with Gasteiger partial charge in [-0.15, -0.1) is 5.10 Å². The number of nitrogens with zero attached hydrogens (tertiary/aromatic N) is 4. The molecule has 3 rings (SSSR count). The van der Waals surface area contributed by atoms with Crippen LogP contribution in [0.2, 0.25) is 0 Å². The van der Waals surface area contributed by atoms with Gasteiger partial charge in [0.15, 0.2) is 5.76 Å². The summed E-state index contributed by atoms with van der Waals surface area (Å²) in [5.74, 6) is -0.0711. The van der Waals surface area contributed by atoms with Crippen molar-refractivity contribution in [2.45, 2.75) is 11.8 Å². The van der Waals surface area contributed by atoms with Gasteiger partial charge < -0.3 is 5.11 Å². The van der Waals surface area contributed by atoms with Crippen LogP contribution in [0.25, 0.3) is 11.5 Å². The minimum absolute atomic E-state index is 0.0520. The summed E-state index contributed by atoms with van der Waals surface area (Å²) < 4.78 is 26.2. The summed E-state index contributed by atoms with van der Waals surface area (Å²) in [6.45, 7) is 1.82. The van der Waals surface area contributed by atoms with Gasteiger partial charge in [0, 0.05) is 12.1 Å². The van der Waals surface area contributed by atoms with E-state index in [9.17, 15) is 13.5 Å². The van der Waals surface area contributed by atoms with Crippen LogP contribution in [-0.4, -0.2) is 45.0 Å². The fourth-order valence-corrected chi connectivity index (χ4v) is 3.87. The average molecular weight is 293 g/mol. The number of rotatable bonds is 2. The van der Waals surface area contributed by atoms with Crippen LogP contribution in [0.4, 0.5) is 0 Å². The molecule has 0 atom stereocenters. The Morgan fingerprint density at radius 1 is 1.35 bits per heavy atom. The first kappa shape index (κ1) is 12.6. The van der Waals surface area contributed by atoms with E-state index in [2.05, 4.69) is 20.6 Å². The van der Waals surface area contributed by atoms with Crippen LogP contribution < -0.4 is 0 Å². The first-order valence-electron chi connectivity index (χ1n) is 5.87. The second-order valence-electron chi connectivity index (χ2n) is 4.11. The molecule has 0 bridgehead atoms. The summed E-state index contributed by atoms with van der Waals surface area (Å²) in [6.07, 6.45) is 0. The Morgan fingerprint density at radius 3 is 2.75 bits per heavy atom. The molecule has 0 amide bonds. The van der Waals surface area contributed by atoms with Gasteiger partial charge in [-0.2, -0.15) is 0 Å². The molecule has 2 aromatic rings. The zero-order valence-electron chi connectivity index (χ0n) is 10.5. The lowest BCUT2D eigenvalue weighted by atomic mass is 10.1. The van der Waals surface area contributed by atoms with E-state index < -0.39 is 10.0 Å². The molecule has 0 saturated carbocycles. The first-order valence-corrected chi connectivity index (χ1v) is 7.31. The topological polar surface area (TPSA) is 112 Å². The highest BCUT2D eigenvalue weighted by Gasteiger charge is 2.37. The Bertz CT molecular complexity index is 782. The lowest BCUT2D eigenvalue weighted by molar-refractivity contribution is 0.474. The summed E-state index contributed by atoms with van der Waals surface area (Å²) in [4.78, 5) is 0.0653. The van der Waals surface area contributed by atoms with E-state index in [4.69, 9.17) is 0 Å². The van der Waals surface area contributed by atoms with E-state index >= 15 is 0 Å². The van der Waals surface area contributed by atoms with Gasteiger partial charge in [0.2, 0.25) is 5.82 Å². The van der Waals surface area contributed by atoms with E-state index in [1.54, 1.807) is 25.1 Å². The van der Waals surface area contributed by atoms with Gasteiger partial charge >= 0.3 is 0 Å². The van der Waals surface area contributed by atoms with Crippen molar-refractivity contribution in [3.8, 4) is 0 Å². The number of aliphatic hydroxyl groups excluding tert-OH is 1. The molecular formula is C11H11N5O3S. The van der Waals surface area contributed by atoms with Gasteiger partial charge in [0.1, 0.15) is 5.70 Å². The molecule has 1 aromatic heterocycles. The third-order valence-corrected chi connectivity index (χ3v) is 4.97. The zero-order chi connectivity index (χ0) is 14.3. The number of H-pyrrole nitrogens is 1. The van der Waals surface area contributed by atoms with Crippen molar-refractivity contribution >= 4 is 21.5 Å². The van der Waals surface area contributed by atoms with E-state index in [0.29, 0.717) is 0 Å². The smallest absolute Gasteiger partial charge is 0.265 e. The van der Waals surface area contributed by atoms with Crippen molar-refractivity contribution in [1.29, 1.82) is 0 Å². The van der Waals surface area contributed by atoms with Crippen LogP contribution in [0.1, 0.15) is 18.3 Å². The molecule has 8 nitrogen and oxygen atoms in total. The van der Waals surface area contributed by atoms with Gasteiger partial charge in [-0.25, -0.2) is 13.5 Å². The molecule has 2 N–H and O–H groups in total. The maximum absolute atomic E-state index is 12.6. The second-order valence-corrected chi connectivity index (χ2v) is 5.94. The Balaban J connectivity index is 2.37. The average Bonchev–Trinajstić information content (AvgIpc) is 2.96. The van der Waals surface area contributed by atoms with Gasteiger partial charge in [-0.1, -0.05) is 12.1 Å². The number of tetrazole rings is 1. The fraction of sp³-hybridized carbons (Fsp3) is 0.182. The molecule has 1 aliphatic heterocycles. The molecule has 0 saturated heterocycles. The summed E-state index contributed by atoms with van der Waals surface area (Å²) in [6, 6.07) is 6.26. The Morgan fingerprint density at radius 2 is 2.10 bits per heavy atom. The number of sulfonamides is 1. The number of aromatic amines is 1. The van der Waals surface area contributed by atoms with Crippen molar-refractivity contribution in [1.82, 2.24) is 24.9 Å². The third kappa shape index (κ3) is 1.59. The summed E-state index contributed by atoms with van der Waals surface area (Å²) in [5.41, 5.74) is 0.291. The molecule has 0 aliphatic carbocycles. The van der Waals surface area contributed by atoms with Gasteiger partial charge in [-0.3, -0.25) is 4.31 Å². The fourth-order valence-electron chi connectivity index (χ4n) is 2.19. The molecule has 2 heterocycles. The minimum atomic E-state index is -3.74. The third-order valence-electron chi connectivity index (χ3n) is 3.04. The van der Waals surface area contributed by atoms with Crippen molar-refractivity contribution in [2.24, 2.45) is 0 Å². The molecule has 1 aromatic carbocycles. The molecule has 9 heteroatoms. The quantitative estimate of drug-likeness (QED) is 0.839. The first-order chi connectivity index (χ1) is 9.57. The van der Waals surface area contributed by atoms with Crippen LogP contribution >= 0.6 is 0 Å². The molecule has 20 heavy (non-hydrogen) atoms. The summed E-state index contributed by atoms with van der Waals surface area (Å²) in [7, 11) is -3.74. The number of nitrogens with one attached hydrogen (secondary N) is 1. The molecule has 104 valence electrons. The minimum Gasteiger partial charge on any atom is -0.505 e. The predicted molar refractivity (Wildman–Crippen MR) is 69.6 cm³/mol. The SMILES string of the molecule is CCN1C(c2nnn[nH]2)=C(O)c2ccccc2S1(=O)=O. The molecule has 1 aliphatic rings. The molecule has 0 fully saturated rings. The number of hydrogen-bond acceptors (Lipinski definition) is 6. The highest BCUT2D eigenvalue weighted by molar-refractivity contribution is 7.89. The van der Waals surface area contributed by atoms with E-state index in [0.717, 1.165) is 4.31 Å². The summed E-state index contributed by atoms with van der Waals surface area (Å²) >= 11 is 0. The van der Waals surface area contributed by atoms with Crippen LogP contribution in [-0.2, 0) is 10.0 Å². The van der Waals surface area contributed by atoms with E-state index in [1.807, 2.05) is 0 Å². The monoisotopic (exact) mass is 293 g/mol. The molecule has 0 unspecified atom stereocenters. The lowest BCUT2D eigenvalue weighted by Crippen LogP contribution is -2.34. The van der Waals surface area contributed by atoms with Crippen LogP contribution in [0.3, 0.4) is 0 Å². The highest BCUT2D eigenvalue weighted by atomic mass is 32.2. The zero-order valence-corrected chi connectivity index (χ0v) is 11.3. The highest BCUT2D eigenvalue weighted by Crippen LogP contribution is 2.38. The van der Waals surface area contributed by atoms with E-state index in [1.165, 1.54) is 6.07 Å². The standard InChI is InChI=1S/C11H11N5O3S/c1-2-16-9(11-12-14-15-13-11)10(17)7-5-3-4-6-8(7)20(16,18)19/h3-6,17H,2H2,1H3,(H,12,13,14,15). The van der Waals surface area contributed by atoms with Crippen molar-refractivity contribution < 1.29 is 13.5 Å². The number of aliphatic hydroxyl groups is 1. The maximum Gasteiger partial charge on any atom is 0.265 e. The van der Waals surface area contributed by atoms with E-state index in [-0.39, 0.29) is 34.3 Å². The van der Waals surface area contributed by atoms with Gasteiger partial charge in [0.25, 0.3) is 10.0 Å². The Labute approximate surface area is 114 Å². The predicted octanol–water partition coefficient (Wildman–Crippen LogP) is 0.608. The normalized spacial score (nSPS) is 17.1. The summed E-state index contributed by atoms with van der Waals surface area (Å²) in [5, 5.41) is 23.4. The number of fused-ring (bicyclic) bond motifs is 1. The second kappa shape index (κ2) is 4.30. The number of benzene rings is 1. The van der Waals surface area contributed by atoms with Gasteiger partial charge in [-0.05, 0) is 29.5 Å². The Kier molecular flexibility index (Phi) is 2.71. The Hall–Kier alpha value is -2.42. The van der Waals surface area contributed by atoms with Crippen molar-refractivity contribution in [3.05, 3.63) is 35.7 Å². The maximum atomic E-state index is 12.6. The van der Waals surface area contributed by atoms with Crippen LogP contribution in [0.5, 0.6) is 0 Å².